The van der Waals surface area contributed by atoms with Gasteiger partial charge >= 0.3 is 5.97 Å². The standard InChI is InChI=1S/C12H14N2O3/c13-10-3-1-8(2-4-10)11(15)14-6-5-9(7-14)12(16)17/h1-4,9H,5-7,13H2,(H,16,17). The molecule has 0 radical (unpaired) electrons. The number of anilines is 1. The number of carboxylic acid groups (broad SMARTS) is 1. The number of benzene rings is 1. The highest BCUT2D eigenvalue weighted by atomic mass is 16.4. The predicted molar refractivity (Wildman–Crippen MR) is 62.5 cm³/mol. The van der Waals surface area contributed by atoms with Gasteiger partial charge in [-0.25, -0.2) is 0 Å². The minimum atomic E-state index is -0.836. The van der Waals surface area contributed by atoms with Gasteiger partial charge in [0.15, 0.2) is 0 Å². The van der Waals surface area contributed by atoms with Crippen molar-refractivity contribution in [2.45, 2.75) is 6.42 Å². The fraction of sp³-hybridized carbons (Fsp3) is 0.333. The van der Waals surface area contributed by atoms with Crippen LogP contribution < -0.4 is 5.73 Å². The smallest absolute Gasteiger partial charge is 0.308 e. The summed E-state index contributed by atoms with van der Waals surface area (Å²) in [5.41, 5.74) is 6.69. The Morgan fingerprint density at radius 2 is 1.94 bits per heavy atom. The lowest BCUT2D eigenvalue weighted by atomic mass is 10.1. The molecule has 5 heteroatoms. The number of rotatable bonds is 2. The minimum Gasteiger partial charge on any atom is -0.481 e. The van der Waals surface area contributed by atoms with Crippen LogP contribution in [0.15, 0.2) is 24.3 Å². The number of nitrogens with zero attached hydrogens (tertiary/aromatic N) is 1. The number of hydrogen-bond donors (Lipinski definition) is 2. The molecule has 1 aromatic rings. The van der Waals surface area contributed by atoms with Crippen molar-refractivity contribution in [1.82, 2.24) is 4.90 Å². The summed E-state index contributed by atoms with van der Waals surface area (Å²) in [6, 6.07) is 6.65. The molecule has 90 valence electrons. The topological polar surface area (TPSA) is 83.6 Å². The summed E-state index contributed by atoms with van der Waals surface area (Å²) in [6.07, 6.45) is 0.524. The Hall–Kier alpha value is -2.04. The van der Waals surface area contributed by atoms with Crippen LogP contribution in [0.25, 0.3) is 0 Å². The fourth-order valence-corrected chi connectivity index (χ4v) is 1.95. The molecule has 0 saturated carbocycles. The molecule has 2 rings (SSSR count). The number of nitrogen functional groups attached to an aromatic ring is 1. The second-order valence-electron chi connectivity index (χ2n) is 4.20. The van der Waals surface area contributed by atoms with Crippen LogP contribution in [-0.4, -0.2) is 35.0 Å². The highest BCUT2D eigenvalue weighted by molar-refractivity contribution is 5.95. The van der Waals surface area contributed by atoms with Gasteiger partial charge in [0, 0.05) is 24.3 Å². The molecule has 0 spiro atoms. The number of aliphatic carboxylic acids is 1. The molecule has 1 heterocycles. The zero-order valence-electron chi connectivity index (χ0n) is 9.30. The maximum Gasteiger partial charge on any atom is 0.308 e. The Bertz CT molecular complexity index is 442. The van der Waals surface area contributed by atoms with E-state index in [9.17, 15) is 9.59 Å². The monoisotopic (exact) mass is 234 g/mol. The van der Waals surface area contributed by atoms with Crippen molar-refractivity contribution in [2.24, 2.45) is 5.92 Å². The SMILES string of the molecule is Nc1ccc(C(=O)N2CCC(C(=O)O)C2)cc1. The zero-order chi connectivity index (χ0) is 12.4. The van der Waals surface area contributed by atoms with E-state index in [1.807, 2.05) is 0 Å². The van der Waals surface area contributed by atoms with Gasteiger partial charge in [-0.05, 0) is 30.7 Å². The Balaban J connectivity index is 2.07. The summed E-state index contributed by atoms with van der Waals surface area (Å²) >= 11 is 0. The van der Waals surface area contributed by atoms with E-state index in [4.69, 9.17) is 10.8 Å². The summed E-state index contributed by atoms with van der Waals surface area (Å²) in [4.78, 5) is 24.4. The molecule has 5 nitrogen and oxygen atoms in total. The molecule has 17 heavy (non-hydrogen) atoms. The summed E-state index contributed by atoms with van der Waals surface area (Å²) < 4.78 is 0. The molecule has 1 fully saturated rings. The lowest BCUT2D eigenvalue weighted by molar-refractivity contribution is -0.141. The van der Waals surface area contributed by atoms with E-state index in [0.29, 0.717) is 30.8 Å². The highest BCUT2D eigenvalue weighted by Crippen LogP contribution is 2.19. The van der Waals surface area contributed by atoms with Gasteiger partial charge in [0.25, 0.3) is 5.91 Å². The first-order valence-electron chi connectivity index (χ1n) is 5.45. The van der Waals surface area contributed by atoms with Gasteiger partial charge in [-0.3, -0.25) is 9.59 Å². The van der Waals surface area contributed by atoms with Gasteiger partial charge < -0.3 is 15.7 Å². The number of carbonyl (C=O) groups excluding carboxylic acids is 1. The quantitative estimate of drug-likeness (QED) is 0.742. The molecule has 1 aliphatic rings. The third-order valence-corrected chi connectivity index (χ3v) is 2.98. The van der Waals surface area contributed by atoms with Crippen LogP contribution >= 0.6 is 0 Å². The van der Waals surface area contributed by atoms with Gasteiger partial charge in [-0.15, -0.1) is 0 Å². The van der Waals surface area contributed by atoms with E-state index in [0.717, 1.165) is 0 Å². The summed E-state index contributed by atoms with van der Waals surface area (Å²) in [5, 5.41) is 8.87. The molecule has 3 N–H and O–H groups in total. The zero-order valence-corrected chi connectivity index (χ0v) is 9.30. The Morgan fingerprint density at radius 1 is 1.29 bits per heavy atom. The summed E-state index contributed by atoms with van der Waals surface area (Å²) in [5.74, 6) is -1.40. The van der Waals surface area contributed by atoms with Crippen LogP contribution in [-0.2, 0) is 4.79 Å². The maximum absolute atomic E-state index is 12.0. The lowest BCUT2D eigenvalue weighted by Gasteiger charge is -2.15. The third kappa shape index (κ3) is 2.38. The molecule has 1 aliphatic heterocycles. The molecule has 1 saturated heterocycles. The van der Waals surface area contributed by atoms with Crippen LogP contribution in [0.5, 0.6) is 0 Å². The van der Waals surface area contributed by atoms with Gasteiger partial charge in [0.2, 0.25) is 0 Å². The number of amides is 1. The molecular weight excluding hydrogens is 220 g/mol. The molecule has 0 aromatic heterocycles. The van der Waals surface area contributed by atoms with Crippen LogP contribution in [0.2, 0.25) is 0 Å². The van der Waals surface area contributed by atoms with Crippen LogP contribution in [0, 0.1) is 5.92 Å². The van der Waals surface area contributed by atoms with Crippen LogP contribution in [0.1, 0.15) is 16.8 Å². The average Bonchev–Trinajstić information content (AvgIpc) is 2.78. The highest BCUT2D eigenvalue weighted by Gasteiger charge is 2.31. The van der Waals surface area contributed by atoms with Crippen molar-refractivity contribution in [3.05, 3.63) is 29.8 Å². The molecule has 1 amide bonds. The van der Waals surface area contributed by atoms with Crippen LogP contribution in [0.4, 0.5) is 5.69 Å². The molecule has 1 aromatic carbocycles. The van der Waals surface area contributed by atoms with E-state index in [-0.39, 0.29) is 5.91 Å². The third-order valence-electron chi connectivity index (χ3n) is 2.98. The first-order valence-corrected chi connectivity index (χ1v) is 5.45. The Kier molecular flexibility index (Phi) is 2.99. The average molecular weight is 234 g/mol. The number of nitrogens with two attached hydrogens (primary N) is 1. The molecule has 0 aliphatic carbocycles. The van der Waals surface area contributed by atoms with E-state index >= 15 is 0 Å². The lowest BCUT2D eigenvalue weighted by Crippen LogP contribution is -2.29. The van der Waals surface area contributed by atoms with E-state index in [2.05, 4.69) is 0 Å². The molecule has 0 bridgehead atoms. The predicted octanol–water partition coefficient (Wildman–Crippen LogP) is 0.815. The van der Waals surface area contributed by atoms with Gasteiger partial charge in [0.05, 0.1) is 5.92 Å². The first kappa shape index (κ1) is 11.4. The largest absolute Gasteiger partial charge is 0.481 e. The minimum absolute atomic E-state index is 0.131. The van der Waals surface area contributed by atoms with Crippen molar-refractivity contribution in [3.8, 4) is 0 Å². The van der Waals surface area contributed by atoms with E-state index < -0.39 is 11.9 Å². The second kappa shape index (κ2) is 4.45. The number of carbonyl (C=O) groups is 2. The second-order valence-corrected chi connectivity index (χ2v) is 4.20. The van der Waals surface area contributed by atoms with E-state index in [1.54, 1.807) is 29.2 Å². The van der Waals surface area contributed by atoms with Gasteiger partial charge in [-0.1, -0.05) is 0 Å². The number of carboxylic acids is 1. The van der Waals surface area contributed by atoms with E-state index in [1.165, 1.54) is 0 Å². The molecular formula is C12H14N2O3. The van der Waals surface area contributed by atoms with Gasteiger partial charge in [-0.2, -0.15) is 0 Å². The van der Waals surface area contributed by atoms with Crippen LogP contribution in [0.3, 0.4) is 0 Å². The van der Waals surface area contributed by atoms with Crippen molar-refractivity contribution in [2.75, 3.05) is 18.8 Å². The van der Waals surface area contributed by atoms with Crippen molar-refractivity contribution in [1.29, 1.82) is 0 Å². The van der Waals surface area contributed by atoms with Crippen molar-refractivity contribution in [3.63, 3.8) is 0 Å². The maximum atomic E-state index is 12.0. The summed E-state index contributed by atoms with van der Waals surface area (Å²) in [6.45, 7) is 0.790. The number of hydrogen-bond acceptors (Lipinski definition) is 3. The summed E-state index contributed by atoms with van der Waals surface area (Å²) in [7, 11) is 0. The Labute approximate surface area is 98.8 Å². The molecule has 1 atom stereocenters. The van der Waals surface area contributed by atoms with Gasteiger partial charge in [0.1, 0.15) is 0 Å². The van der Waals surface area contributed by atoms with Crippen molar-refractivity contribution < 1.29 is 14.7 Å². The molecule has 1 unspecified atom stereocenters. The Morgan fingerprint density at radius 3 is 2.47 bits per heavy atom. The first-order chi connectivity index (χ1) is 8.08. The normalized spacial score (nSPS) is 19.3. The number of likely N-dealkylation sites (tertiary alicyclic amines) is 1. The van der Waals surface area contributed by atoms with Crippen molar-refractivity contribution >= 4 is 17.6 Å². The fourth-order valence-electron chi connectivity index (χ4n) is 1.95.